The third kappa shape index (κ3) is 5.55. The lowest BCUT2D eigenvalue weighted by Gasteiger charge is -2.28. The number of nitrogens with one attached hydrogen (secondary N) is 1. The van der Waals surface area contributed by atoms with Crippen molar-refractivity contribution in [1.82, 2.24) is 20.4 Å². The molecule has 1 aromatic carbocycles. The molecular weight excluding hydrogens is 376 g/mol. The third-order valence-corrected chi connectivity index (χ3v) is 5.12. The van der Waals surface area contributed by atoms with Gasteiger partial charge in [0, 0.05) is 37.5 Å². The molecule has 3 rings (SSSR count). The molecule has 1 N–H and O–H groups in total. The summed E-state index contributed by atoms with van der Waals surface area (Å²) in [7, 11) is 0. The predicted molar refractivity (Wildman–Crippen MR) is 113 cm³/mol. The van der Waals surface area contributed by atoms with E-state index in [1.165, 1.54) is 5.56 Å². The van der Waals surface area contributed by atoms with E-state index in [0.717, 1.165) is 38.0 Å². The van der Waals surface area contributed by atoms with Gasteiger partial charge in [0.15, 0.2) is 0 Å². The first-order valence-electron chi connectivity index (χ1n) is 10.0. The minimum absolute atomic E-state index is 0. The zero-order valence-corrected chi connectivity index (χ0v) is 17.8. The molecule has 0 spiro atoms. The van der Waals surface area contributed by atoms with Crippen LogP contribution in [0.3, 0.4) is 0 Å². The summed E-state index contributed by atoms with van der Waals surface area (Å²) >= 11 is 0. The maximum atomic E-state index is 12.7. The lowest BCUT2D eigenvalue weighted by molar-refractivity contribution is -0.133. The predicted octanol–water partition coefficient (Wildman–Crippen LogP) is 3.81. The van der Waals surface area contributed by atoms with E-state index in [1.807, 2.05) is 17.0 Å². The molecule has 1 fully saturated rings. The van der Waals surface area contributed by atoms with E-state index < -0.39 is 0 Å². The van der Waals surface area contributed by atoms with Gasteiger partial charge in [0.05, 0.1) is 0 Å². The number of hydrogen-bond donors (Lipinski definition) is 1. The van der Waals surface area contributed by atoms with Gasteiger partial charge in [-0.2, -0.15) is 4.98 Å². The fraction of sp³-hybridized carbons (Fsp3) is 0.571. The highest BCUT2D eigenvalue weighted by atomic mass is 35.5. The summed E-state index contributed by atoms with van der Waals surface area (Å²) in [6.07, 6.45) is 2.89. The van der Waals surface area contributed by atoms with Crippen molar-refractivity contribution in [2.75, 3.05) is 19.6 Å². The van der Waals surface area contributed by atoms with E-state index in [1.54, 1.807) is 0 Å². The molecule has 1 aliphatic heterocycles. The van der Waals surface area contributed by atoms with Crippen molar-refractivity contribution in [3.63, 3.8) is 0 Å². The molecule has 154 valence electrons. The molecule has 0 radical (unpaired) electrons. The van der Waals surface area contributed by atoms with Crippen molar-refractivity contribution in [3.8, 4) is 11.4 Å². The number of aromatic nitrogens is 2. The van der Waals surface area contributed by atoms with Crippen molar-refractivity contribution in [3.05, 3.63) is 35.7 Å². The fourth-order valence-corrected chi connectivity index (χ4v) is 3.51. The van der Waals surface area contributed by atoms with Gasteiger partial charge in [-0.25, -0.2) is 0 Å². The van der Waals surface area contributed by atoms with E-state index in [0.29, 0.717) is 36.5 Å². The molecule has 2 heterocycles. The second-order valence-corrected chi connectivity index (χ2v) is 7.52. The van der Waals surface area contributed by atoms with Gasteiger partial charge in [-0.05, 0) is 30.9 Å². The number of carbonyl (C=O) groups is 1. The molecule has 1 aromatic heterocycles. The maximum Gasteiger partial charge on any atom is 0.227 e. The SMILES string of the molecule is CCCN(C(=O)CCc1nc(-c2ccc(C(C)C)cc2)no1)C1CCNC1.Cl. The fourth-order valence-electron chi connectivity index (χ4n) is 3.51. The van der Waals surface area contributed by atoms with Gasteiger partial charge in [0.1, 0.15) is 0 Å². The van der Waals surface area contributed by atoms with Crippen LogP contribution in [0.1, 0.15) is 57.4 Å². The van der Waals surface area contributed by atoms with Crippen molar-refractivity contribution in [2.24, 2.45) is 0 Å². The zero-order valence-electron chi connectivity index (χ0n) is 17.0. The Morgan fingerprint density at radius 2 is 2.07 bits per heavy atom. The first-order chi connectivity index (χ1) is 13.1. The second-order valence-electron chi connectivity index (χ2n) is 7.52. The Morgan fingerprint density at radius 3 is 2.68 bits per heavy atom. The number of hydrogen-bond acceptors (Lipinski definition) is 5. The molecule has 6 nitrogen and oxygen atoms in total. The summed E-state index contributed by atoms with van der Waals surface area (Å²) < 4.78 is 5.37. The average molecular weight is 407 g/mol. The highest BCUT2D eigenvalue weighted by Gasteiger charge is 2.25. The molecule has 28 heavy (non-hydrogen) atoms. The number of rotatable bonds is 8. The van der Waals surface area contributed by atoms with Gasteiger partial charge < -0.3 is 14.7 Å². The maximum absolute atomic E-state index is 12.7. The smallest absolute Gasteiger partial charge is 0.227 e. The summed E-state index contributed by atoms with van der Waals surface area (Å²) in [6.45, 7) is 9.13. The summed E-state index contributed by atoms with van der Waals surface area (Å²) in [5.41, 5.74) is 2.22. The Balaban J connectivity index is 0.00000280. The number of halogens is 1. The van der Waals surface area contributed by atoms with E-state index in [-0.39, 0.29) is 18.3 Å². The summed E-state index contributed by atoms with van der Waals surface area (Å²) in [6, 6.07) is 8.54. The van der Waals surface area contributed by atoms with Gasteiger partial charge in [-0.3, -0.25) is 4.79 Å². The molecule has 2 aromatic rings. The van der Waals surface area contributed by atoms with E-state index >= 15 is 0 Å². The highest BCUT2D eigenvalue weighted by molar-refractivity contribution is 5.85. The van der Waals surface area contributed by atoms with Crippen molar-refractivity contribution >= 4 is 18.3 Å². The van der Waals surface area contributed by atoms with Gasteiger partial charge in [-0.15, -0.1) is 12.4 Å². The molecular formula is C21H31ClN4O2. The van der Waals surface area contributed by atoms with Crippen LogP contribution in [0, 0.1) is 0 Å². The standard InChI is InChI=1S/C21H30N4O2.ClH/c1-4-13-25(18-11-12-22-14-18)20(26)10-9-19-23-21(24-27-19)17-7-5-16(6-8-17)15(2)3;/h5-8,15,18,22H,4,9-14H2,1-3H3;1H. The topological polar surface area (TPSA) is 71.3 Å². The van der Waals surface area contributed by atoms with E-state index in [2.05, 4.69) is 48.4 Å². The molecule has 1 saturated heterocycles. The molecule has 0 saturated carbocycles. The Labute approximate surface area is 173 Å². The first-order valence-corrected chi connectivity index (χ1v) is 10.0. The van der Waals surface area contributed by atoms with Crippen LogP contribution < -0.4 is 5.32 Å². The van der Waals surface area contributed by atoms with Crippen LogP contribution in [0.4, 0.5) is 0 Å². The molecule has 0 aliphatic carbocycles. The lowest BCUT2D eigenvalue weighted by Crippen LogP contribution is -2.42. The largest absolute Gasteiger partial charge is 0.339 e. The average Bonchev–Trinajstić information content (AvgIpc) is 3.36. The molecule has 1 aliphatic rings. The minimum Gasteiger partial charge on any atom is -0.339 e. The lowest BCUT2D eigenvalue weighted by atomic mass is 10.0. The van der Waals surface area contributed by atoms with Crippen LogP contribution in [0.5, 0.6) is 0 Å². The number of amides is 1. The first kappa shape index (κ1) is 22.4. The summed E-state index contributed by atoms with van der Waals surface area (Å²) in [5, 5.41) is 7.41. The Kier molecular flexibility index (Phi) is 8.45. The van der Waals surface area contributed by atoms with Crippen LogP contribution in [-0.4, -0.2) is 46.6 Å². The monoisotopic (exact) mass is 406 g/mol. The third-order valence-electron chi connectivity index (χ3n) is 5.12. The Bertz CT molecular complexity index is 739. The number of aryl methyl sites for hydroxylation is 1. The minimum atomic E-state index is 0. The van der Waals surface area contributed by atoms with Crippen molar-refractivity contribution in [1.29, 1.82) is 0 Å². The van der Waals surface area contributed by atoms with E-state index in [4.69, 9.17) is 4.52 Å². The van der Waals surface area contributed by atoms with Crippen LogP contribution >= 0.6 is 12.4 Å². The van der Waals surface area contributed by atoms with Crippen LogP contribution in [0.25, 0.3) is 11.4 Å². The molecule has 1 amide bonds. The highest BCUT2D eigenvalue weighted by Crippen LogP contribution is 2.21. The molecule has 7 heteroatoms. The quantitative estimate of drug-likeness (QED) is 0.721. The summed E-state index contributed by atoms with van der Waals surface area (Å²) in [5.74, 6) is 1.77. The van der Waals surface area contributed by atoms with Gasteiger partial charge in [0.25, 0.3) is 0 Å². The number of benzene rings is 1. The van der Waals surface area contributed by atoms with Gasteiger partial charge >= 0.3 is 0 Å². The van der Waals surface area contributed by atoms with Crippen LogP contribution in [0.2, 0.25) is 0 Å². The Morgan fingerprint density at radius 1 is 1.32 bits per heavy atom. The van der Waals surface area contributed by atoms with Gasteiger partial charge in [0.2, 0.25) is 17.6 Å². The molecule has 1 unspecified atom stereocenters. The normalized spacial score (nSPS) is 16.2. The second kappa shape index (κ2) is 10.6. The van der Waals surface area contributed by atoms with E-state index in [9.17, 15) is 4.79 Å². The number of nitrogens with zero attached hydrogens (tertiary/aromatic N) is 3. The number of carbonyl (C=O) groups excluding carboxylic acids is 1. The zero-order chi connectivity index (χ0) is 19.2. The van der Waals surface area contributed by atoms with Crippen LogP contribution in [0.15, 0.2) is 28.8 Å². The molecule has 1 atom stereocenters. The van der Waals surface area contributed by atoms with Gasteiger partial charge in [-0.1, -0.05) is 50.2 Å². The summed E-state index contributed by atoms with van der Waals surface area (Å²) in [4.78, 5) is 19.2. The van der Waals surface area contributed by atoms with Crippen LogP contribution in [-0.2, 0) is 11.2 Å². The molecule has 0 bridgehead atoms. The van der Waals surface area contributed by atoms with Crippen molar-refractivity contribution in [2.45, 2.75) is 58.4 Å². The van der Waals surface area contributed by atoms with Crippen molar-refractivity contribution < 1.29 is 9.32 Å². The Hall–Kier alpha value is -1.92.